The van der Waals surface area contributed by atoms with Crippen LogP contribution in [-0.4, -0.2) is 118 Å². The SMILES string of the molecule is COCC1(COc2nc3c4c(c(Cl)c(-c5c(C)c(F)cc6[nH]ncc56)c(OCc5ccc(/C(N)=C/N(N)CC(=O)N6CCCC6C(=O)NCc6ccc(-c7scnc7C)cc6)cc5)c4n2)OCC2C4CC(CN4)N32)CC1. The number of anilines is 1. The number of hydrazine groups is 1. The van der Waals surface area contributed by atoms with Gasteiger partial charge < -0.3 is 50.1 Å². The molecule has 4 unspecified atom stereocenters. The van der Waals surface area contributed by atoms with E-state index in [1.165, 1.54) is 17.3 Å². The number of H-pyrrole nitrogens is 1. The van der Waals surface area contributed by atoms with Crippen molar-refractivity contribution >= 4 is 68.1 Å². The first-order valence-corrected chi connectivity index (χ1v) is 26.9. The molecule has 1 saturated carbocycles. The number of aromatic amines is 1. The molecule has 21 heteroatoms. The number of amides is 2. The highest BCUT2D eigenvalue weighted by Crippen LogP contribution is 2.55. The minimum atomic E-state index is -0.603. The molecule has 1 aliphatic carbocycles. The molecule has 3 aromatic heterocycles. The van der Waals surface area contributed by atoms with Gasteiger partial charge >= 0.3 is 6.01 Å². The molecule has 5 aliphatic rings. The van der Waals surface area contributed by atoms with Crippen molar-refractivity contribution in [2.24, 2.45) is 17.0 Å². The van der Waals surface area contributed by atoms with Crippen LogP contribution in [-0.2, 0) is 27.5 Å². The fraction of sp³-hybridized carbons (Fsp3) is 0.382. The summed E-state index contributed by atoms with van der Waals surface area (Å²) in [5.74, 6) is 6.78. The number of nitrogens with two attached hydrogens (primary N) is 2. The lowest BCUT2D eigenvalue weighted by Gasteiger charge is -2.35. The van der Waals surface area contributed by atoms with Crippen LogP contribution in [0.1, 0.15) is 60.1 Å². The maximum Gasteiger partial charge on any atom is 0.319 e. The number of rotatable bonds is 17. The summed E-state index contributed by atoms with van der Waals surface area (Å²) in [6.07, 6.45) is 7.28. The number of fused-ring (bicyclic) bond motifs is 7. The lowest BCUT2D eigenvalue weighted by Crippen LogP contribution is -2.53. The number of nitrogens with one attached hydrogen (secondary N) is 3. The Hall–Kier alpha value is -7.10. The molecule has 4 fully saturated rings. The highest BCUT2D eigenvalue weighted by molar-refractivity contribution is 7.13. The number of aryl methyl sites for hydroxylation is 1. The van der Waals surface area contributed by atoms with Gasteiger partial charge in [-0.3, -0.25) is 14.7 Å². The van der Waals surface area contributed by atoms with Gasteiger partial charge in [0.15, 0.2) is 11.5 Å². The standard InChI is InChI=1S/C55H58ClFN12O6S/c1-29-37(57)18-39-36(21-63-66-39)44(29)45-47(56)49-46-48(64-54(75-27-55(14-15-55)26-72-3)65-52(46)69-35-17-40(60-20-35)42(69)25-74-49)50(45)73-24-32-8-10-33(11-9-32)38(58)22-67(59)23-43(70)68-16-4-5-41(68)53(71)61-19-31-6-12-34(13-7-31)51-30(2)62-28-76-51/h6-13,18,21-22,28,35,40-42,60H,4-5,14-17,19-20,23-27,58-59H2,1-3H3,(H,61,71)(H,63,66)/b38-22-. The number of thiazole rings is 1. The van der Waals surface area contributed by atoms with E-state index in [2.05, 4.69) is 30.7 Å². The maximum atomic E-state index is 16.0. The van der Waals surface area contributed by atoms with E-state index in [1.807, 2.05) is 61.0 Å². The molecule has 0 spiro atoms. The molecule has 4 aromatic carbocycles. The van der Waals surface area contributed by atoms with Gasteiger partial charge in [-0.15, -0.1) is 11.3 Å². The normalized spacial score (nSPS) is 20.2. The summed E-state index contributed by atoms with van der Waals surface area (Å²) in [6.45, 7) is 6.38. The van der Waals surface area contributed by atoms with Gasteiger partial charge in [0.2, 0.25) is 11.8 Å². The van der Waals surface area contributed by atoms with Gasteiger partial charge in [-0.25, -0.2) is 15.2 Å². The number of nitrogens with zero attached hydrogens (tertiary/aromatic N) is 7. The lowest BCUT2D eigenvalue weighted by molar-refractivity contribution is -0.139. The first-order chi connectivity index (χ1) is 36.9. The number of likely N-dealkylation sites (tertiary alicyclic amines) is 1. The van der Waals surface area contributed by atoms with E-state index in [0.29, 0.717) is 113 Å². The number of halogens is 2. The van der Waals surface area contributed by atoms with Crippen LogP contribution in [0.25, 0.3) is 49.1 Å². The van der Waals surface area contributed by atoms with Crippen LogP contribution in [0.2, 0.25) is 5.02 Å². The molecular formula is C55H58ClFN12O6S. The first-order valence-electron chi connectivity index (χ1n) is 25.6. The van der Waals surface area contributed by atoms with Crippen LogP contribution < -0.4 is 41.3 Å². The van der Waals surface area contributed by atoms with Gasteiger partial charge in [-0.1, -0.05) is 60.1 Å². The molecule has 2 bridgehead atoms. The zero-order valence-corrected chi connectivity index (χ0v) is 43.9. The molecule has 7 aromatic rings. The zero-order valence-electron chi connectivity index (χ0n) is 42.3. The van der Waals surface area contributed by atoms with Gasteiger partial charge in [0.05, 0.1) is 63.2 Å². The third kappa shape index (κ3) is 9.18. The predicted molar refractivity (Wildman–Crippen MR) is 288 cm³/mol. The Kier molecular flexibility index (Phi) is 13.2. The number of carbonyl (C=O) groups is 2. The highest BCUT2D eigenvalue weighted by atomic mass is 35.5. The number of hydrogen-bond donors (Lipinski definition) is 5. The summed E-state index contributed by atoms with van der Waals surface area (Å²) >= 11 is 9.19. The second-order valence-electron chi connectivity index (χ2n) is 20.7. The van der Waals surface area contributed by atoms with Crippen molar-refractivity contribution in [1.29, 1.82) is 0 Å². The van der Waals surface area contributed by atoms with Gasteiger partial charge in [-0.05, 0) is 79.8 Å². The van der Waals surface area contributed by atoms with Crippen LogP contribution in [0.3, 0.4) is 0 Å². The maximum absolute atomic E-state index is 16.0. The van der Waals surface area contributed by atoms with Crippen molar-refractivity contribution in [1.82, 2.24) is 45.7 Å². The number of methoxy groups -OCH3 is 1. The zero-order chi connectivity index (χ0) is 52.4. The molecule has 76 heavy (non-hydrogen) atoms. The molecule has 12 rings (SSSR count). The molecule has 2 amide bonds. The lowest BCUT2D eigenvalue weighted by atomic mass is 9.93. The minimum absolute atomic E-state index is 0.0383. The molecule has 7 heterocycles. The summed E-state index contributed by atoms with van der Waals surface area (Å²) in [7, 11) is 1.69. The molecule has 3 saturated heterocycles. The smallest absolute Gasteiger partial charge is 0.319 e. The summed E-state index contributed by atoms with van der Waals surface area (Å²) in [5.41, 5.74) is 15.2. The van der Waals surface area contributed by atoms with E-state index in [9.17, 15) is 9.59 Å². The first kappa shape index (κ1) is 49.8. The molecule has 0 radical (unpaired) electrons. The minimum Gasteiger partial charge on any atom is -0.489 e. The third-order valence-electron chi connectivity index (χ3n) is 15.7. The summed E-state index contributed by atoms with van der Waals surface area (Å²) in [4.78, 5) is 46.6. The number of hydrogen-bond acceptors (Lipinski definition) is 16. The fourth-order valence-electron chi connectivity index (χ4n) is 11.4. The summed E-state index contributed by atoms with van der Waals surface area (Å²) in [6, 6.07) is 16.8. The Balaban J connectivity index is 0.792. The summed E-state index contributed by atoms with van der Waals surface area (Å²) < 4.78 is 41.7. The molecule has 394 valence electrons. The second kappa shape index (κ2) is 20.1. The number of ether oxygens (including phenoxy) is 4. The van der Waals surface area contributed by atoms with Crippen molar-refractivity contribution < 1.29 is 32.9 Å². The van der Waals surface area contributed by atoms with E-state index >= 15 is 4.39 Å². The Labute approximate surface area is 446 Å². The van der Waals surface area contributed by atoms with Crippen LogP contribution in [0.4, 0.5) is 10.2 Å². The number of carbonyl (C=O) groups excluding carboxylic acids is 2. The van der Waals surface area contributed by atoms with Crippen LogP contribution in [0.5, 0.6) is 17.5 Å². The van der Waals surface area contributed by atoms with E-state index in [4.69, 9.17) is 52.1 Å². The van der Waals surface area contributed by atoms with Crippen molar-refractivity contribution in [3.8, 4) is 39.1 Å². The van der Waals surface area contributed by atoms with E-state index in [-0.39, 0.29) is 59.5 Å². The van der Waals surface area contributed by atoms with Gasteiger partial charge in [0, 0.05) is 67.0 Å². The highest BCUT2D eigenvalue weighted by Gasteiger charge is 2.50. The van der Waals surface area contributed by atoms with Gasteiger partial charge in [0.25, 0.3) is 0 Å². The van der Waals surface area contributed by atoms with Crippen molar-refractivity contribution in [3.63, 3.8) is 0 Å². The molecule has 7 N–H and O–H groups in total. The van der Waals surface area contributed by atoms with Crippen molar-refractivity contribution in [2.75, 3.05) is 51.5 Å². The largest absolute Gasteiger partial charge is 0.489 e. The van der Waals surface area contributed by atoms with Crippen LogP contribution in [0.15, 0.2) is 72.5 Å². The Morgan fingerprint density at radius 2 is 1.88 bits per heavy atom. The van der Waals surface area contributed by atoms with Crippen molar-refractivity contribution in [3.05, 3.63) is 111 Å². The fourth-order valence-corrected chi connectivity index (χ4v) is 12.6. The Morgan fingerprint density at radius 1 is 1.08 bits per heavy atom. The van der Waals surface area contributed by atoms with E-state index in [0.717, 1.165) is 53.1 Å². The third-order valence-corrected chi connectivity index (χ3v) is 17.0. The number of benzene rings is 4. The van der Waals surface area contributed by atoms with E-state index in [1.54, 1.807) is 36.5 Å². The van der Waals surface area contributed by atoms with Crippen LogP contribution >= 0.6 is 22.9 Å². The monoisotopic (exact) mass is 1070 g/mol. The van der Waals surface area contributed by atoms with Crippen LogP contribution in [0, 0.1) is 25.1 Å². The van der Waals surface area contributed by atoms with Crippen molar-refractivity contribution in [2.45, 2.75) is 83.3 Å². The molecule has 4 aliphatic heterocycles. The number of aromatic nitrogens is 5. The predicted octanol–water partition coefficient (Wildman–Crippen LogP) is 7.14. The molecule has 18 nitrogen and oxygen atoms in total. The Bertz CT molecular complexity index is 3420. The Morgan fingerprint density at radius 3 is 2.64 bits per heavy atom. The molecule has 4 atom stereocenters. The average Bonchev–Trinajstić information content (AvgIpc) is 4.09. The quantitative estimate of drug-likeness (QED) is 0.0452. The summed E-state index contributed by atoms with van der Waals surface area (Å²) in [5, 5.41) is 16.6. The molecular weight excluding hydrogens is 1010 g/mol. The second-order valence-corrected chi connectivity index (χ2v) is 21.9. The topological polar surface area (TPSA) is 224 Å². The van der Waals surface area contributed by atoms with Gasteiger partial charge in [0.1, 0.15) is 43.0 Å². The van der Waals surface area contributed by atoms with E-state index < -0.39 is 11.9 Å². The number of piperazine rings is 1. The average molecular weight is 1070 g/mol. The van der Waals surface area contributed by atoms with Gasteiger partial charge in [-0.2, -0.15) is 15.1 Å².